The van der Waals surface area contributed by atoms with Crippen molar-refractivity contribution in [2.75, 3.05) is 19.8 Å². The van der Waals surface area contributed by atoms with E-state index in [4.69, 9.17) is 19.7 Å². The van der Waals surface area contributed by atoms with Gasteiger partial charge in [0.05, 0.1) is 18.8 Å². The molecule has 32 heavy (non-hydrogen) atoms. The predicted octanol–water partition coefficient (Wildman–Crippen LogP) is 5.69. The van der Waals surface area contributed by atoms with E-state index in [0.29, 0.717) is 26.2 Å². The molecule has 1 fully saturated rings. The number of aryl methyl sites for hydroxylation is 2. The number of unbranched alkanes of at least 4 members (excludes halogenated alkanes) is 2. The number of carbonyl (C=O) groups is 1. The summed E-state index contributed by atoms with van der Waals surface area (Å²) in [5, 5.41) is 6.58. The van der Waals surface area contributed by atoms with E-state index in [0.717, 1.165) is 32.1 Å². The lowest BCUT2D eigenvalue weighted by atomic mass is 9.91. The highest BCUT2D eigenvalue weighted by atomic mass is 16.7. The number of hydrogen-bond donors (Lipinski definition) is 1. The smallest absolute Gasteiger partial charge is 0.408 e. The zero-order chi connectivity index (χ0) is 23.7. The fourth-order valence-electron chi connectivity index (χ4n) is 3.50. The molecule has 1 aliphatic rings. The van der Waals surface area contributed by atoms with Crippen LogP contribution >= 0.6 is 0 Å². The number of azide groups is 1. The molecule has 178 valence electrons. The summed E-state index contributed by atoms with van der Waals surface area (Å²) in [4.78, 5) is 15.2. The van der Waals surface area contributed by atoms with E-state index < -0.39 is 23.0 Å². The minimum atomic E-state index is -0.665. The third kappa shape index (κ3) is 9.47. The molecule has 1 aromatic carbocycles. The molecule has 1 aromatic rings. The third-order valence-electron chi connectivity index (χ3n) is 5.36. The van der Waals surface area contributed by atoms with Crippen molar-refractivity contribution in [1.82, 2.24) is 5.32 Å². The maximum Gasteiger partial charge on any atom is 0.408 e. The minimum absolute atomic E-state index is 0.368. The molecule has 0 saturated carbocycles. The normalized spacial score (nSPS) is 17.3. The SMILES string of the molecule is CC(C)(C)OC(=O)NC1(CCc2ccc(CCCCCN=[N+]=[N-])cc2)COC(C)(C)OC1. The quantitative estimate of drug-likeness (QED) is 0.216. The van der Waals surface area contributed by atoms with Crippen molar-refractivity contribution in [1.29, 1.82) is 0 Å². The zero-order valence-corrected chi connectivity index (χ0v) is 20.1. The van der Waals surface area contributed by atoms with Gasteiger partial charge in [0.25, 0.3) is 0 Å². The van der Waals surface area contributed by atoms with Gasteiger partial charge >= 0.3 is 6.09 Å². The number of rotatable bonds is 10. The second kappa shape index (κ2) is 11.5. The number of amides is 1. The van der Waals surface area contributed by atoms with Crippen LogP contribution in [0.5, 0.6) is 0 Å². The molecule has 1 heterocycles. The van der Waals surface area contributed by atoms with E-state index >= 15 is 0 Å². The monoisotopic (exact) mass is 446 g/mol. The Kier molecular flexibility index (Phi) is 9.37. The first-order valence-corrected chi connectivity index (χ1v) is 11.4. The van der Waals surface area contributed by atoms with Crippen molar-refractivity contribution in [2.24, 2.45) is 5.11 Å². The van der Waals surface area contributed by atoms with Crippen molar-refractivity contribution >= 4 is 6.09 Å². The van der Waals surface area contributed by atoms with Crippen molar-refractivity contribution < 1.29 is 19.0 Å². The van der Waals surface area contributed by atoms with Gasteiger partial charge in [-0.2, -0.15) is 0 Å². The highest BCUT2D eigenvalue weighted by molar-refractivity contribution is 5.69. The summed E-state index contributed by atoms with van der Waals surface area (Å²) in [7, 11) is 0. The maximum atomic E-state index is 12.5. The highest BCUT2D eigenvalue weighted by Gasteiger charge is 2.41. The predicted molar refractivity (Wildman–Crippen MR) is 124 cm³/mol. The molecule has 0 bridgehead atoms. The summed E-state index contributed by atoms with van der Waals surface area (Å²) in [5.41, 5.74) is 9.59. The topological polar surface area (TPSA) is 106 Å². The van der Waals surface area contributed by atoms with Crippen LogP contribution in [0.3, 0.4) is 0 Å². The van der Waals surface area contributed by atoms with Gasteiger partial charge in [0.1, 0.15) is 5.60 Å². The Balaban J connectivity index is 1.91. The molecule has 0 radical (unpaired) electrons. The van der Waals surface area contributed by atoms with Crippen LogP contribution < -0.4 is 5.32 Å². The lowest BCUT2D eigenvalue weighted by Gasteiger charge is -2.44. The number of benzene rings is 1. The second-order valence-electron chi connectivity index (χ2n) is 9.97. The molecule has 2 rings (SSSR count). The van der Waals surface area contributed by atoms with Gasteiger partial charge in [0, 0.05) is 11.5 Å². The summed E-state index contributed by atoms with van der Waals surface area (Å²) in [6, 6.07) is 8.61. The van der Waals surface area contributed by atoms with E-state index in [2.05, 4.69) is 39.6 Å². The molecule has 8 heteroatoms. The molecule has 0 atom stereocenters. The fourth-order valence-corrected chi connectivity index (χ4v) is 3.50. The number of ether oxygens (including phenoxy) is 3. The second-order valence-corrected chi connectivity index (χ2v) is 9.97. The molecular weight excluding hydrogens is 408 g/mol. The average Bonchev–Trinajstić information content (AvgIpc) is 2.71. The van der Waals surface area contributed by atoms with E-state index in [9.17, 15) is 4.79 Å². The van der Waals surface area contributed by atoms with Crippen LogP contribution in [0.15, 0.2) is 29.4 Å². The molecular formula is C24H38N4O4. The Labute approximate surface area is 191 Å². The Bertz CT molecular complexity index is 770. The number of hydrogen-bond acceptors (Lipinski definition) is 5. The molecule has 1 N–H and O–H groups in total. The van der Waals surface area contributed by atoms with Crippen LogP contribution in [0.25, 0.3) is 10.4 Å². The summed E-state index contributed by atoms with van der Waals surface area (Å²) in [6.45, 7) is 10.6. The molecule has 0 unspecified atom stereocenters. The summed E-state index contributed by atoms with van der Waals surface area (Å²) in [6.07, 6.45) is 5.08. The third-order valence-corrected chi connectivity index (χ3v) is 5.36. The van der Waals surface area contributed by atoms with E-state index in [1.54, 1.807) is 0 Å². The lowest BCUT2D eigenvalue weighted by Crippen LogP contribution is -2.61. The summed E-state index contributed by atoms with van der Waals surface area (Å²) in [5.74, 6) is -0.665. The largest absolute Gasteiger partial charge is 0.444 e. The Hall–Kier alpha value is -2.28. The van der Waals surface area contributed by atoms with Gasteiger partial charge in [-0.25, -0.2) is 4.79 Å². The van der Waals surface area contributed by atoms with Crippen molar-refractivity contribution in [2.45, 2.75) is 90.1 Å². The summed E-state index contributed by atoms with van der Waals surface area (Å²) < 4.78 is 17.2. The molecule has 0 spiro atoms. The first kappa shape index (κ1) is 26.0. The van der Waals surface area contributed by atoms with Crippen molar-refractivity contribution in [3.63, 3.8) is 0 Å². The van der Waals surface area contributed by atoms with Gasteiger partial charge in [-0.1, -0.05) is 35.8 Å². The highest BCUT2D eigenvalue weighted by Crippen LogP contribution is 2.28. The number of nitrogens with zero attached hydrogens (tertiary/aromatic N) is 3. The van der Waals surface area contributed by atoms with Crippen molar-refractivity contribution in [3.8, 4) is 0 Å². The van der Waals surface area contributed by atoms with Gasteiger partial charge in [-0.15, -0.1) is 0 Å². The molecule has 1 amide bonds. The van der Waals surface area contributed by atoms with Crippen LogP contribution in [-0.4, -0.2) is 42.8 Å². The maximum absolute atomic E-state index is 12.5. The van der Waals surface area contributed by atoms with Gasteiger partial charge < -0.3 is 19.5 Å². The average molecular weight is 447 g/mol. The van der Waals surface area contributed by atoms with Crippen LogP contribution in [-0.2, 0) is 27.1 Å². The molecule has 1 aliphatic heterocycles. The number of alkyl carbamates (subject to hydrolysis) is 1. The number of nitrogens with one attached hydrogen (secondary N) is 1. The van der Waals surface area contributed by atoms with Crippen LogP contribution in [0.4, 0.5) is 4.79 Å². The van der Waals surface area contributed by atoms with E-state index in [1.165, 1.54) is 11.1 Å². The molecule has 1 saturated heterocycles. The van der Waals surface area contributed by atoms with Gasteiger partial charge in [0.2, 0.25) is 0 Å². The van der Waals surface area contributed by atoms with Crippen LogP contribution in [0.1, 0.15) is 71.4 Å². The molecule has 8 nitrogen and oxygen atoms in total. The standard InChI is InChI=1S/C24H38N4O4/c1-22(2,3)32-21(29)27-24(17-30-23(4,5)31-18-24)15-14-20-12-10-19(11-13-20)9-7-6-8-16-26-28-25/h10-13H,6-9,14-18H2,1-5H3,(H,27,29). The van der Waals surface area contributed by atoms with Gasteiger partial charge in [0.15, 0.2) is 5.79 Å². The van der Waals surface area contributed by atoms with Gasteiger partial charge in [-0.05, 0) is 83.4 Å². The first-order chi connectivity index (χ1) is 15.0. The fraction of sp³-hybridized carbons (Fsp3) is 0.708. The molecule has 0 aliphatic carbocycles. The Morgan fingerprint density at radius 1 is 1.09 bits per heavy atom. The summed E-state index contributed by atoms with van der Waals surface area (Å²) >= 11 is 0. The van der Waals surface area contributed by atoms with Crippen LogP contribution in [0, 0.1) is 0 Å². The first-order valence-electron chi connectivity index (χ1n) is 11.4. The Morgan fingerprint density at radius 3 is 2.25 bits per heavy atom. The Morgan fingerprint density at radius 2 is 1.69 bits per heavy atom. The van der Waals surface area contributed by atoms with Crippen molar-refractivity contribution in [3.05, 3.63) is 45.8 Å². The van der Waals surface area contributed by atoms with Crippen LogP contribution in [0.2, 0.25) is 0 Å². The van der Waals surface area contributed by atoms with E-state index in [1.807, 2.05) is 34.6 Å². The molecule has 0 aromatic heterocycles. The lowest BCUT2D eigenvalue weighted by molar-refractivity contribution is -0.271. The van der Waals surface area contributed by atoms with E-state index in [-0.39, 0.29) is 0 Å². The van der Waals surface area contributed by atoms with Gasteiger partial charge in [-0.3, -0.25) is 0 Å². The number of carbonyl (C=O) groups excluding carboxylic acids is 1. The zero-order valence-electron chi connectivity index (χ0n) is 20.1. The minimum Gasteiger partial charge on any atom is -0.444 e.